The van der Waals surface area contributed by atoms with E-state index >= 15 is 0 Å². The van der Waals surface area contributed by atoms with Crippen molar-refractivity contribution in [1.29, 1.82) is 0 Å². The number of oxazole rings is 1. The van der Waals surface area contributed by atoms with E-state index in [1.807, 2.05) is 18.2 Å². The molecule has 1 fully saturated rings. The maximum absolute atomic E-state index is 13.0. The monoisotopic (exact) mass is 435 g/mol. The van der Waals surface area contributed by atoms with Gasteiger partial charge in [0.15, 0.2) is 17.3 Å². The molecule has 0 spiro atoms. The standard InChI is InChI=1S/C22H21N5O5/c1-26-18(25-16(22(29)31-3)17(30-2)21(26)28)19-24-14-8-7-12(20-23-9-10-32-20)11-15(14)27(19)13-5-4-6-13/h7-11,13H,4-6H2,1-3H3. The van der Waals surface area contributed by atoms with Crippen molar-refractivity contribution in [2.75, 3.05) is 14.2 Å². The van der Waals surface area contributed by atoms with E-state index in [4.69, 9.17) is 18.9 Å². The average molecular weight is 435 g/mol. The maximum atomic E-state index is 13.0. The Morgan fingerprint density at radius 1 is 1.19 bits per heavy atom. The van der Waals surface area contributed by atoms with Crippen LogP contribution in [0, 0.1) is 0 Å². The number of esters is 1. The van der Waals surface area contributed by atoms with Gasteiger partial charge in [-0.25, -0.2) is 19.7 Å². The van der Waals surface area contributed by atoms with Crippen LogP contribution in [-0.4, -0.2) is 44.3 Å². The van der Waals surface area contributed by atoms with Crippen molar-refractivity contribution >= 4 is 17.0 Å². The highest BCUT2D eigenvalue weighted by Gasteiger charge is 2.30. The lowest BCUT2D eigenvalue weighted by Gasteiger charge is -2.29. The maximum Gasteiger partial charge on any atom is 0.360 e. The zero-order valence-corrected chi connectivity index (χ0v) is 17.9. The molecule has 10 heteroatoms. The van der Waals surface area contributed by atoms with Crippen molar-refractivity contribution in [1.82, 2.24) is 24.1 Å². The molecule has 0 bridgehead atoms. The third kappa shape index (κ3) is 2.98. The number of rotatable bonds is 5. The molecule has 0 unspecified atom stereocenters. The fraction of sp³-hybridized carbons (Fsp3) is 0.318. The van der Waals surface area contributed by atoms with Gasteiger partial charge in [-0.1, -0.05) is 0 Å². The smallest absolute Gasteiger partial charge is 0.360 e. The Morgan fingerprint density at radius 3 is 2.62 bits per heavy atom. The van der Waals surface area contributed by atoms with Gasteiger partial charge in [-0.05, 0) is 37.5 Å². The van der Waals surface area contributed by atoms with Crippen molar-refractivity contribution in [3.8, 4) is 28.9 Å². The van der Waals surface area contributed by atoms with E-state index in [0.29, 0.717) is 11.7 Å². The number of aromatic nitrogens is 5. The van der Waals surface area contributed by atoms with Crippen LogP contribution in [0.15, 0.2) is 39.9 Å². The number of nitrogens with zero attached hydrogens (tertiary/aromatic N) is 5. The first-order chi connectivity index (χ1) is 15.5. The molecule has 0 amide bonds. The number of fused-ring (bicyclic) bond motifs is 1. The molecule has 10 nitrogen and oxygen atoms in total. The van der Waals surface area contributed by atoms with Crippen LogP contribution >= 0.6 is 0 Å². The van der Waals surface area contributed by atoms with E-state index in [9.17, 15) is 9.59 Å². The van der Waals surface area contributed by atoms with Gasteiger partial charge in [-0.3, -0.25) is 9.36 Å². The van der Waals surface area contributed by atoms with Crippen molar-refractivity contribution in [3.63, 3.8) is 0 Å². The summed E-state index contributed by atoms with van der Waals surface area (Å²) in [6.45, 7) is 0. The second-order valence-electron chi connectivity index (χ2n) is 7.60. The summed E-state index contributed by atoms with van der Waals surface area (Å²) < 4.78 is 18.9. The van der Waals surface area contributed by atoms with E-state index in [2.05, 4.69) is 14.5 Å². The number of imidazole rings is 1. The number of hydrogen-bond donors (Lipinski definition) is 0. The molecule has 32 heavy (non-hydrogen) atoms. The van der Waals surface area contributed by atoms with Crippen LogP contribution in [-0.2, 0) is 11.8 Å². The van der Waals surface area contributed by atoms with Gasteiger partial charge in [0.25, 0.3) is 5.56 Å². The van der Waals surface area contributed by atoms with Crippen molar-refractivity contribution in [3.05, 3.63) is 46.7 Å². The minimum absolute atomic E-state index is 0.166. The molecule has 0 saturated heterocycles. The molecule has 3 heterocycles. The number of hydrogen-bond acceptors (Lipinski definition) is 8. The van der Waals surface area contributed by atoms with Gasteiger partial charge >= 0.3 is 5.97 Å². The Bertz CT molecular complexity index is 1380. The van der Waals surface area contributed by atoms with Crippen LogP contribution in [0.1, 0.15) is 35.8 Å². The van der Waals surface area contributed by atoms with E-state index in [1.165, 1.54) is 25.0 Å². The van der Waals surface area contributed by atoms with Gasteiger partial charge in [0.05, 0.1) is 31.4 Å². The highest BCUT2D eigenvalue weighted by molar-refractivity contribution is 5.91. The number of carbonyl (C=O) groups excluding carboxylic acids is 1. The first-order valence-corrected chi connectivity index (χ1v) is 10.2. The first kappa shape index (κ1) is 20.0. The number of methoxy groups -OCH3 is 2. The lowest BCUT2D eigenvalue weighted by atomic mass is 9.92. The van der Waals surface area contributed by atoms with Crippen LogP contribution in [0.5, 0.6) is 5.75 Å². The molecule has 3 aromatic heterocycles. The Balaban J connectivity index is 1.78. The summed E-state index contributed by atoms with van der Waals surface area (Å²) >= 11 is 0. The van der Waals surface area contributed by atoms with Crippen molar-refractivity contribution in [2.24, 2.45) is 7.05 Å². The molecule has 1 aliphatic rings. The van der Waals surface area contributed by atoms with Crippen LogP contribution < -0.4 is 10.3 Å². The second-order valence-corrected chi connectivity index (χ2v) is 7.60. The molecule has 0 N–H and O–H groups in total. The summed E-state index contributed by atoms with van der Waals surface area (Å²) in [5.74, 6) is 0.357. The van der Waals surface area contributed by atoms with E-state index in [-0.39, 0.29) is 23.3 Å². The molecule has 0 aliphatic heterocycles. The van der Waals surface area contributed by atoms with Crippen molar-refractivity contribution in [2.45, 2.75) is 25.3 Å². The Morgan fingerprint density at radius 2 is 2.00 bits per heavy atom. The molecule has 1 aromatic carbocycles. The van der Waals surface area contributed by atoms with Crippen LogP contribution in [0.4, 0.5) is 0 Å². The summed E-state index contributed by atoms with van der Waals surface area (Å²) in [6, 6.07) is 5.95. The van der Waals surface area contributed by atoms with E-state index < -0.39 is 11.5 Å². The third-order valence-electron chi connectivity index (χ3n) is 5.84. The van der Waals surface area contributed by atoms with Crippen molar-refractivity contribution < 1.29 is 18.7 Å². The molecule has 4 aromatic rings. The number of benzene rings is 1. The molecule has 5 rings (SSSR count). The SMILES string of the molecule is COC(=O)c1nc(-c2nc3ccc(-c4ncco4)cc3n2C2CCC2)n(C)c(=O)c1OC. The van der Waals surface area contributed by atoms with Crippen LogP contribution in [0.3, 0.4) is 0 Å². The Labute approximate surface area is 182 Å². The predicted molar refractivity (Wildman–Crippen MR) is 114 cm³/mol. The fourth-order valence-electron chi connectivity index (χ4n) is 3.96. The van der Waals surface area contributed by atoms with E-state index in [0.717, 1.165) is 35.9 Å². The van der Waals surface area contributed by atoms with E-state index in [1.54, 1.807) is 13.2 Å². The molecule has 0 atom stereocenters. The minimum atomic E-state index is -0.752. The van der Waals surface area contributed by atoms with Gasteiger partial charge < -0.3 is 18.5 Å². The topological polar surface area (TPSA) is 114 Å². The third-order valence-corrected chi connectivity index (χ3v) is 5.84. The highest BCUT2D eigenvalue weighted by atomic mass is 16.5. The van der Waals surface area contributed by atoms with Gasteiger partial charge in [0, 0.05) is 18.7 Å². The summed E-state index contributed by atoms with van der Waals surface area (Å²) in [6.07, 6.45) is 6.19. The Hall–Kier alpha value is -3.95. The Kier molecular flexibility index (Phi) is 4.76. The quantitative estimate of drug-likeness (QED) is 0.440. The van der Waals surface area contributed by atoms with Gasteiger partial charge in [-0.2, -0.15) is 0 Å². The predicted octanol–water partition coefficient (Wildman–Crippen LogP) is 2.97. The zero-order valence-electron chi connectivity index (χ0n) is 17.9. The lowest BCUT2D eigenvalue weighted by molar-refractivity contribution is 0.0589. The summed E-state index contributed by atoms with van der Waals surface area (Å²) in [5.41, 5.74) is 1.77. The zero-order chi connectivity index (χ0) is 22.4. The average Bonchev–Trinajstić information content (AvgIpc) is 3.42. The minimum Gasteiger partial charge on any atom is -0.489 e. The molecule has 164 valence electrons. The summed E-state index contributed by atoms with van der Waals surface area (Å²) in [5, 5.41) is 0. The molecular formula is C22H21N5O5. The number of ether oxygens (including phenoxy) is 2. The number of carbonyl (C=O) groups is 1. The molecule has 1 saturated carbocycles. The van der Waals surface area contributed by atoms with Crippen LogP contribution in [0.25, 0.3) is 34.1 Å². The second kappa shape index (κ2) is 7.63. The fourth-order valence-corrected chi connectivity index (χ4v) is 3.96. The molecule has 1 aliphatic carbocycles. The lowest BCUT2D eigenvalue weighted by Crippen LogP contribution is -2.27. The molecule has 0 radical (unpaired) electrons. The first-order valence-electron chi connectivity index (χ1n) is 10.2. The largest absolute Gasteiger partial charge is 0.489 e. The normalized spacial score (nSPS) is 13.8. The summed E-state index contributed by atoms with van der Waals surface area (Å²) in [4.78, 5) is 38.8. The van der Waals surface area contributed by atoms with Gasteiger partial charge in [0.2, 0.25) is 11.6 Å². The summed E-state index contributed by atoms with van der Waals surface area (Å²) in [7, 11) is 4.13. The van der Waals surface area contributed by atoms with Gasteiger partial charge in [-0.15, -0.1) is 0 Å². The van der Waals surface area contributed by atoms with Crippen LogP contribution in [0.2, 0.25) is 0 Å². The van der Waals surface area contributed by atoms with Gasteiger partial charge in [0.1, 0.15) is 6.26 Å². The highest BCUT2D eigenvalue weighted by Crippen LogP contribution is 2.39. The molecular weight excluding hydrogens is 414 g/mol.